The highest BCUT2D eigenvalue weighted by atomic mass is 32.2. The molecule has 29 heavy (non-hydrogen) atoms. The minimum Gasteiger partial charge on any atom is -0.493 e. The van der Waals surface area contributed by atoms with Crippen molar-refractivity contribution in [3.63, 3.8) is 0 Å². The van der Waals surface area contributed by atoms with E-state index in [0.29, 0.717) is 23.7 Å². The van der Waals surface area contributed by atoms with Crippen molar-refractivity contribution in [2.45, 2.75) is 12.8 Å². The summed E-state index contributed by atoms with van der Waals surface area (Å²) in [7, 11) is 0. The van der Waals surface area contributed by atoms with Crippen LogP contribution in [-0.4, -0.2) is 23.8 Å². The molecule has 1 atom stereocenters. The average molecular weight is 408 g/mol. The zero-order valence-corrected chi connectivity index (χ0v) is 16.8. The molecule has 0 saturated carbocycles. The number of halogens is 1. The molecule has 1 aliphatic heterocycles. The lowest BCUT2D eigenvalue weighted by atomic mass is 9.90. The standard InChI is InChI=1S/C23H21FN2O2S/c1-29-26-23(27)20-8-7-18(24)13-21(20)16-5-6-17-10-15(14-28-22(17)12-16)11-19-4-2-3-9-25-19/h2-9,12-13,15H,10-11,14H2,1H3,(H,26,27)/t15-/m0/s1. The minimum absolute atomic E-state index is 0.249. The summed E-state index contributed by atoms with van der Waals surface area (Å²) in [6.45, 7) is 0.607. The number of pyridine rings is 1. The van der Waals surface area contributed by atoms with Gasteiger partial charge in [-0.3, -0.25) is 14.5 Å². The van der Waals surface area contributed by atoms with Crippen molar-refractivity contribution >= 4 is 17.9 Å². The molecule has 6 heteroatoms. The van der Waals surface area contributed by atoms with E-state index in [2.05, 4.69) is 9.71 Å². The highest BCUT2D eigenvalue weighted by Crippen LogP contribution is 2.34. The van der Waals surface area contributed by atoms with E-state index in [4.69, 9.17) is 4.74 Å². The van der Waals surface area contributed by atoms with Crippen LogP contribution in [0.15, 0.2) is 60.8 Å². The van der Waals surface area contributed by atoms with Gasteiger partial charge in [-0.1, -0.05) is 30.1 Å². The SMILES string of the molecule is CSNC(=O)c1ccc(F)cc1-c1ccc2c(c1)OC[C@H](Cc1ccccn1)C2. The Balaban J connectivity index is 1.59. The number of carbonyl (C=O) groups is 1. The molecule has 4 nitrogen and oxygen atoms in total. The van der Waals surface area contributed by atoms with Crippen molar-refractivity contribution in [3.8, 4) is 16.9 Å². The van der Waals surface area contributed by atoms with Gasteiger partial charge in [0, 0.05) is 29.6 Å². The molecule has 0 spiro atoms. The van der Waals surface area contributed by atoms with E-state index in [1.807, 2.05) is 42.6 Å². The molecule has 1 aliphatic rings. The summed E-state index contributed by atoms with van der Waals surface area (Å²) in [5.74, 6) is 0.525. The van der Waals surface area contributed by atoms with E-state index < -0.39 is 0 Å². The first-order valence-corrected chi connectivity index (χ1v) is 10.7. The van der Waals surface area contributed by atoms with Crippen LogP contribution in [0.25, 0.3) is 11.1 Å². The van der Waals surface area contributed by atoms with Gasteiger partial charge in [0.25, 0.3) is 5.91 Å². The summed E-state index contributed by atoms with van der Waals surface area (Å²) in [5.41, 5.74) is 3.93. The maximum absolute atomic E-state index is 13.9. The smallest absolute Gasteiger partial charge is 0.261 e. The van der Waals surface area contributed by atoms with Gasteiger partial charge in [-0.2, -0.15) is 0 Å². The fourth-order valence-corrected chi connectivity index (χ4v) is 3.94. The monoisotopic (exact) mass is 408 g/mol. The van der Waals surface area contributed by atoms with E-state index in [0.717, 1.165) is 35.4 Å². The van der Waals surface area contributed by atoms with Crippen molar-refractivity contribution in [1.82, 2.24) is 9.71 Å². The lowest BCUT2D eigenvalue weighted by Crippen LogP contribution is -2.23. The number of hydrogen-bond acceptors (Lipinski definition) is 4. The summed E-state index contributed by atoms with van der Waals surface area (Å²) in [5, 5.41) is 0. The molecule has 0 unspecified atom stereocenters. The summed E-state index contributed by atoms with van der Waals surface area (Å²) in [6, 6.07) is 16.0. The van der Waals surface area contributed by atoms with E-state index >= 15 is 0 Å². The lowest BCUT2D eigenvalue weighted by Gasteiger charge is -2.26. The normalized spacial score (nSPS) is 15.3. The quantitative estimate of drug-likeness (QED) is 0.623. The van der Waals surface area contributed by atoms with Crippen molar-refractivity contribution in [1.29, 1.82) is 0 Å². The predicted molar refractivity (Wildman–Crippen MR) is 113 cm³/mol. The number of rotatable bonds is 5. The molecular weight excluding hydrogens is 387 g/mol. The molecule has 0 fully saturated rings. The Morgan fingerprint density at radius 3 is 2.93 bits per heavy atom. The van der Waals surface area contributed by atoms with Crippen LogP contribution >= 0.6 is 11.9 Å². The number of nitrogens with one attached hydrogen (secondary N) is 1. The first-order chi connectivity index (χ1) is 14.1. The molecule has 2 aromatic carbocycles. The number of benzene rings is 2. The Bertz CT molecular complexity index is 1030. The maximum Gasteiger partial charge on any atom is 0.261 e. The Labute approximate surface area is 173 Å². The van der Waals surface area contributed by atoms with Gasteiger partial charge < -0.3 is 4.74 Å². The van der Waals surface area contributed by atoms with Gasteiger partial charge in [0.05, 0.1) is 6.61 Å². The van der Waals surface area contributed by atoms with Gasteiger partial charge in [-0.05, 0) is 65.9 Å². The van der Waals surface area contributed by atoms with Gasteiger partial charge in [0.1, 0.15) is 11.6 Å². The summed E-state index contributed by atoms with van der Waals surface area (Å²) >= 11 is 1.21. The second-order valence-electron chi connectivity index (χ2n) is 7.05. The number of carbonyl (C=O) groups excluding carboxylic acids is 1. The molecule has 1 aromatic heterocycles. The molecule has 0 saturated heterocycles. The van der Waals surface area contributed by atoms with E-state index in [9.17, 15) is 9.18 Å². The van der Waals surface area contributed by atoms with Crippen LogP contribution in [0, 0.1) is 11.7 Å². The predicted octanol–water partition coefficient (Wildman–Crippen LogP) is 4.69. The third kappa shape index (κ3) is 4.43. The molecule has 0 radical (unpaired) electrons. The van der Waals surface area contributed by atoms with Crippen molar-refractivity contribution in [2.75, 3.05) is 12.9 Å². The fraction of sp³-hybridized carbons (Fsp3) is 0.217. The molecule has 1 N–H and O–H groups in total. The van der Waals surface area contributed by atoms with Gasteiger partial charge in [-0.15, -0.1) is 0 Å². The molecule has 3 aromatic rings. The highest BCUT2D eigenvalue weighted by Gasteiger charge is 2.22. The molecule has 2 heterocycles. The number of aromatic nitrogens is 1. The molecular formula is C23H21FN2O2S. The molecule has 0 aliphatic carbocycles. The number of fused-ring (bicyclic) bond motifs is 1. The van der Waals surface area contributed by atoms with Crippen LogP contribution in [0.3, 0.4) is 0 Å². The Kier molecular flexibility index (Phi) is 5.81. The first kappa shape index (κ1) is 19.5. The van der Waals surface area contributed by atoms with E-state index in [1.165, 1.54) is 30.1 Å². The molecule has 1 amide bonds. The number of nitrogens with zero attached hydrogens (tertiary/aromatic N) is 1. The Hall–Kier alpha value is -2.86. The van der Waals surface area contributed by atoms with Gasteiger partial charge in [0.2, 0.25) is 0 Å². The number of hydrogen-bond donors (Lipinski definition) is 1. The summed E-state index contributed by atoms with van der Waals surface area (Å²) in [6.07, 6.45) is 5.35. The van der Waals surface area contributed by atoms with Crippen LogP contribution in [-0.2, 0) is 12.8 Å². The van der Waals surface area contributed by atoms with Crippen LogP contribution in [0.4, 0.5) is 4.39 Å². The third-order valence-electron chi connectivity index (χ3n) is 5.01. The number of amides is 1. The second-order valence-corrected chi connectivity index (χ2v) is 7.67. The zero-order chi connectivity index (χ0) is 20.2. The topological polar surface area (TPSA) is 51.2 Å². The van der Waals surface area contributed by atoms with Crippen LogP contribution in [0.2, 0.25) is 0 Å². The van der Waals surface area contributed by atoms with Gasteiger partial charge in [-0.25, -0.2) is 4.39 Å². The highest BCUT2D eigenvalue weighted by molar-refractivity contribution is 7.97. The average Bonchev–Trinajstić information content (AvgIpc) is 2.74. The van der Waals surface area contributed by atoms with Crippen molar-refractivity contribution < 1.29 is 13.9 Å². The Morgan fingerprint density at radius 2 is 2.14 bits per heavy atom. The molecule has 148 valence electrons. The second kappa shape index (κ2) is 8.66. The van der Waals surface area contributed by atoms with Crippen molar-refractivity contribution in [2.24, 2.45) is 5.92 Å². The van der Waals surface area contributed by atoms with Crippen molar-refractivity contribution in [3.05, 3.63) is 83.4 Å². The van der Waals surface area contributed by atoms with Crippen LogP contribution < -0.4 is 9.46 Å². The number of ether oxygens (including phenoxy) is 1. The first-order valence-electron chi connectivity index (χ1n) is 9.43. The van der Waals surface area contributed by atoms with E-state index in [-0.39, 0.29) is 11.7 Å². The largest absolute Gasteiger partial charge is 0.493 e. The maximum atomic E-state index is 13.9. The lowest BCUT2D eigenvalue weighted by molar-refractivity contribution is 0.0985. The zero-order valence-electron chi connectivity index (χ0n) is 16.0. The minimum atomic E-state index is -0.380. The molecule has 4 rings (SSSR count). The fourth-order valence-electron chi connectivity index (χ4n) is 3.65. The van der Waals surface area contributed by atoms with Crippen LogP contribution in [0.5, 0.6) is 5.75 Å². The summed E-state index contributed by atoms with van der Waals surface area (Å²) in [4.78, 5) is 16.8. The Morgan fingerprint density at radius 1 is 1.24 bits per heavy atom. The third-order valence-corrected chi connectivity index (χ3v) is 5.40. The van der Waals surface area contributed by atoms with E-state index in [1.54, 1.807) is 6.26 Å². The summed E-state index contributed by atoms with van der Waals surface area (Å²) < 4.78 is 22.6. The molecule has 0 bridgehead atoms. The van der Waals surface area contributed by atoms with Crippen LogP contribution in [0.1, 0.15) is 21.6 Å². The van der Waals surface area contributed by atoms with Gasteiger partial charge in [0.15, 0.2) is 0 Å². The van der Waals surface area contributed by atoms with Gasteiger partial charge >= 0.3 is 0 Å².